The number of fused-ring (bicyclic) bond motifs is 2. The number of furan rings is 1. The summed E-state index contributed by atoms with van der Waals surface area (Å²) in [5.74, 6) is 2.07. The largest absolute Gasteiger partial charge is 0.467 e. The van der Waals surface area contributed by atoms with Crippen molar-refractivity contribution < 1.29 is 18.7 Å². The summed E-state index contributed by atoms with van der Waals surface area (Å²) >= 11 is 0. The van der Waals surface area contributed by atoms with Crippen LogP contribution in [0.3, 0.4) is 0 Å². The summed E-state index contributed by atoms with van der Waals surface area (Å²) in [4.78, 5) is 14.9. The summed E-state index contributed by atoms with van der Waals surface area (Å²) in [6.45, 7) is 1.07. The van der Waals surface area contributed by atoms with E-state index in [0.717, 1.165) is 42.0 Å². The van der Waals surface area contributed by atoms with E-state index in [2.05, 4.69) is 5.10 Å². The van der Waals surface area contributed by atoms with E-state index in [1.54, 1.807) is 23.3 Å². The SMILES string of the molecule is Cn1nc(CN(Cc2ccco2)C(=O)C=Cc2ccc3c(c2)OCO3)c2c1CCC2. The Morgan fingerprint density at radius 2 is 2.10 bits per heavy atom. The van der Waals surface area contributed by atoms with Gasteiger partial charge in [0.05, 0.1) is 25.0 Å². The first-order chi connectivity index (χ1) is 14.7. The standard InChI is InChI=1S/C23H23N3O4/c1-25-20-6-2-5-18(20)19(24-25)14-26(13-17-4-3-11-28-17)23(27)10-8-16-7-9-21-22(12-16)30-15-29-21/h3-4,7-12H,2,5-6,13-15H2,1H3. The smallest absolute Gasteiger partial charge is 0.247 e. The summed E-state index contributed by atoms with van der Waals surface area (Å²) in [5, 5.41) is 4.68. The van der Waals surface area contributed by atoms with Crippen LogP contribution in [0.4, 0.5) is 0 Å². The topological polar surface area (TPSA) is 69.7 Å². The zero-order valence-electron chi connectivity index (χ0n) is 16.8. The summed E-state index contributed by atoms with van der Waals surface area (Å²) in [5.41, 5.74) is 4.42. The van der Waals surface area contributed by atoms with Crippen LogP contribution < -0.4 is 9.47 Å². The number of carbonyl (C=O) groups excluding carboxylic acids is 1. The number of hydrogen-bond donors (Lipinski definition) is 0. The predicted octanol–water partition coefficient (Wildman–Crippen LogP) is 3.47. The van der Waals surface area contributed by atoms with Gasteiger partial charge >= 0.3 is 0 Å². The zero-order valence-corrected chi connectivity index (χ0v) is 16.8. The molecular weight excluding hydrogens is 382 g/mol. The molecular formula is C23H23N3O4. The molecule has 2 aliphatic rings. The minimum Gasteiger partial charge on any atom is -0.467 e. The number of hydrogen-bond acceptors (Lipinski definition) is 5. The lowest BCUT2D eigenvalue weighted by Crippen LogP contribution is -2.29. The molecule has 5 rings (SSSR count). The molecule has 0 fully saturated rings. The van der Waals surface area contributed by atoms with Gasteiger partial charge in [-0.2, -0.15) is 5.10 Å². The van der Waals surface area contributed by atoms with Crippen molar-refractivity contribution in [2.24, 2.45) is 7.05 Å². The molecule has 7 heteroatoms. The molecule has 1 amide bonds. The van der Waals surface area contributed by atoms with Crippen molar-refractivity contribution in [2.75, 3.05) is 6.79 Å². The minimum absolute atomic E-state index is 0.0959. The van der Waals surface area contributed by atoms with Gasteiger partial charge < -0.3 is 18.8 Å². The number of amides is 1. The summed E-state index contributed by atoms with van der Waals surface area (Å²) in [6, 6.07) is 9.34. The van der Waals surface area contributed by atoms with Gasteiger partial charge in [0.1, 0.15) is 5.76 Å². The van der Waals surface area contributed by atoms with Crippen LogP contribution in [-0.2, 0) is 37.8 Å². The molecule has 0 saturated carbocycles. The Kier molecular flexibility index (Phi) is 4.78. The van der Waals surface area contributed by atoms with E-state index in [-0.39, 0.29) is 12.7 Å². The lowest BCUT2D eigenvalue weighted by atomic mass is 10.1. The summed E-state index contributed by atoms with van der Waals surface area (Å²) in [6.07, 6.45) is 8.22. The van der Waals surface area contributed by atoms with Crippen LogP contribution in [0.5, 0.6) is 11.5 Å². The van der Waals surface area contributed by atoms with Gasteiger partial charge in [-0.25, -0.2) is 0 Å². The molecule has 7 nitrogen and oxygen atoms in total. The number of aromatic nitrogens is 2. The van der Waals surface area contributed by atoms with Gasteiger partial charge in [-0.3, -0.25) is 9.48 Å². The van der Waals surface area contributed by atoms with E-state index in [9.17, 15) is 4.79 Å². The molecule has 1 aliphatic carbocycles. The molecule has 2 aromatic heterocycles. The van der Waals surface area contributed by atoms with Crippen LogP contribution in [0.1, 0.15) is 34.7 Å². The molecule has 0 radical (unpaired) electrons. The van der Waals surface area contributed by atoms with Gasteiger partial charge in [0.15, 0.2) is 11.5 Å². The Morgan fingerprint density at radius 1 is 1.20 bits per heavy atom. The first kappa shape index (κ1) is 18.5. The molecule has 30 heavy (non-hydrogen) atoms. The Bertz CT molecular complexity index is 1100. The van der Waals surface area contributed by atoms with Gasteiger partial charge in [0.2, 0.25) is 12.7 Å². The van der Waals surface area contributed by atoms with E-state index in [0.29, 0.717) is 18.8 Å². The lowest BCUT2D eigenvalue weighted by molar-refractivity contribution is -0.127. The zero-order chi connectivity index (χ0) is 20.5. The van der Waals surface area contributed by atoms with Crippen molar-refractivity contribution in [1.29, 1.82) is 0 Å². The van der Waals surface area contributed by atoms with Gasteiger partial charge in [-0.1, -0.05) is 6.07 Å². The monoisotopic (exact) mass is 405 g/mol. The molecule has 154 valence electrons. The number of carbonyl (C=O) groups is 1. The minimum atomic E-state index is -0.0959. The molecule has 1 aromatic carbocycles. The Labute approximate surface area is 174 Å². The van der Waals surface area contributed by atoms with Crippen LogP contribution in [0.2, 0.25) is 0 Å². The molecule has 3 heterocycles. The number of rotatable bonds is 6. The summed E-state index contributed by atoms with van der Waals surface area (Å²) < 4.78 is 18.2. The fraction of sp³-hybridized carbons (Fsp3) is 0.304. The third-order valence-corrected chi connectivity index (χ3v) is 5.59. The molecule has 0 saturated heterocycles. The van der Waals surface area contributed by atoms with Gasteiger partial charge in [-0.05, 0) is 60.7 Å². The van der Waals surface area contributed by atoms with Crippen LogP contribution in [0.15, 0.2) is 47.1 Å². The van der Waals surface area contributed by atoms with Crippen LogP contribution in [0, 0.1) is 0 Å². The van der Waals surface area contributed by atoms with Crippen LogP contribution >= 0.6 is 0 Å². The number of ether oxygens (including phenoxy) is 2. The fourth-order valence-corrected chi connectivity index (χ4v) is 4.10. The third kappa shape index (κ3) is 3.58. The van der Waals surface area contributed by atoms with Crippen LogP contribution in [0.25, 0.3) is 6.08 Å². The van der Waals surface area contributed by atoms with E-state index in [4.69, 9.17) is 13.9 Å². The van der Waals surface area contributed by atoms with Crippen molar-refractivity contribution in [3.8, 4) is 11.5 Å². The first-order valence-corrected chi connectivity index (χ1v) is 10.1. The maximum atomic E-state index is 13.1. The molecule has 1 aliphatic heterocycles. The first-order valence-electron chi connectivity index (χ1n) is 10.1. The van der Waals surface area contributed by atoms with Crippen LogP contribution in [-0.4, -0.2) is 27.4 Å². The lowest BCUT2D eigenvalue weighted by Gasteiger charge is -2.19. The molecule has 0 N–H and O–H groups in total. The van der Waals surface area contributed by atoms with Crippen molar-refractivity contribution in [2.45, 2.75) is 32.4 Å². The van der Waals surface area contributed by atoms with Crippen molar-refractivity contribution in [3.63, 3.8) is 0 Å². The van der Waals surface area contributed by atoms with Gasteiger partial charge in [-0.15, -0.1) is 0 Å². The quantitative estimate of drug-likeness (QED) is 0.588. The Hall–Kier alpha value is -3.48. The van der Waals surface area contributed by atoms with E-state index >= 15 is 0 Å². The van der Waals surface area contributed by atoms with E-state index < -0.39 is 0 Å². The highest BCUT2D eigenvalue weighted by molar-refractivity contribution is 5.91. The molecule has 0 unspecified atom stereocenters. The second-order valence-corrected chi connectivity index (χ2v) is 7.57. The summed E-state index contributed by atoms with van der Waals surface area (Å²) in [7, 11) is 1.98. The highest BCUT2D eigenvalue weighted by Gasteiger charge is 2.24. The molecule has 3 aromatic rings. The number of aryl methyl sites for hydroxylation is 1. The van der Waals surface area contributed by atoms with Crippen molar-refractivity contribution >= 4 is 12.0 Å². The third-order valence-electron chi connectivity index (χ3n) is 5.59. The molecule has 0 spiro atoms. The Balaban J connectivity index is 1.37. The number of nitrogens with zero attached hydrogens (tertiary/aromatic N) is 3. The highest BCUT2D eigenvalue weighted by atomic mass is 16.7. The average molecular weight is 405 g/mol. The fourth-order valence-electron chi connectivity index (χ4n) is 4.10. The van der Waals surface area contributed by atoms with Gasteiger partial charge in [0.25, 0.3) is 0 Å². The van der Waals surface area contributed by atoms with Crippen molar-refractivity contribution in [1.82, 2.24) is 14.7 Å². The average Bonchev–Trinajstić information content (AvgIpc) is 3.53. The maximum absolute atomic E-state index is 13.1. The normalized spacial score (nSPS) is 14.4. The van der Waals surface area contributed by atoms with E-state index in [1.807, 2.05) is 42.1 Å². The molecule has 0 atom stereocenters. The Morgan fingerprint density at radius 3 is 2.97 bits per heavy atom. The predicted molar refractivity (Wildman–Crippen MR) is 110 cm³/mol. The van der Waals surface area contributed by atoms with Crippen molar-refractivity contribution in [3.05, 3.63) is 70.9 Å². The number of benzene rings is 1. The van der Waals surface area contributed by atoms with E-state index in [1.165, 1.54) is 11.3 Å². The highest BCUT2D eigenvalue weighted by Crippen LogP contribution is 2.33. The van der Waals surface area contributed by atoms with Gasteiger partial charge in [0, 0.05) is 18.8 Å². The second-order valence-electron chi connectivity index (χ2n) is 7.57. The second kappa shape index (κ2) is 7.74. The molecule has 0 bridgehead atoms. The maximum Gasteiger partial charge on any atom is 0.247 e.